The first-order valence-corrected chi connectivity index (χ1v) is 6.26. The van der Waals surface area contributed by atoms with Crippen molar-refractivity contribution in [3.8, 4) is 0 Å². The number of ether oxygens (including phenoxy) is 1. The lowest BCUT2D eigenvalue weighted by Crippen LogP contribution is -2.08. The number of rotatable bonds is 7. The first kappa shape index (κ1) is 15.6. The molecular formula is C14H18F2O3. The van der Waals surface area contributed by atoms with Crippen molar-refractivity contribution in [2.75, 3.05) is 6.61 Å². The molecule has 0 aliphatic heterocycles. The summed E-state index contributed by atoms with van der Waals surface area (Å²) in [6.07, 6.45) is -2.28. The van der Waals surface area contributed by atoms with Gasteiger partial charge in [0, 0.05) is 12.0 Å². The number of hydrogen-bond acceptors (Lipinski definition) is 3. The van der Waals surface area contributed by atoms with E-state index in [-0.39, 0.29) is 24.4 Å². The van der Waals surface area contributed by atoms with Crippen LogP contribution in [-0.4, -0.2) is 17.7 Å². The minimum absolute atomic E-state index is 0.0849. The molecule has 0 spiro atoms. The molecule has 0 amide bonds. The van der Waals surface area contributed by atoms with Crippen LogP contribution in [0.4, 0.5) is 8.78 Å². The number of benzene rings is 1. The third kappa shape index (κ3) is 5.34. The van der Waals surface area contributed by atoms with Crippen molar-refractivity contribution in [3.05, 3.63) is 35.4 Å². The summed E-state index contributed by atoms with van der Waals surface area (Å²) in [5.41, 5.74) is 0.436. The topological polar surface area (TPSA) is 46.5 Å². The van der Waals surface area contributed by atoms with E-state index in [4.69, 9.17) is 4.74 Å². The largest absolute Gasteiger partial charge is 0.466 e. The molecule has 106 valence electrons. The van der Waals surface area contributed by atoms with Crippen LogP contribution >= 0.6 is 0 Å². The van der Waals surface area contributed by atoms with Crippen LogP contribution in [0, 0.1) is 0 Å². The molecule has 1 aromatic rings. The van der Waals surface area contributed by atoms with E-state index in [0.717, 1.165) is 6.42 Å². The number of hydrogen-bond donors (Lipinski definition) is 1. The van der Waals surface area contributed by atoms with Crippen LogP contribution in [0.3, 0.4) is 0 Å². The summed E-state index contributed by atoms with van der Waals surface area (Å²) in [6, 6.07) is 5.45. The number of carbonyl (C=O) groups excluding carboxylic acids is 1. The second-order valence-corrected chi connectivity index (χ2v) is 4.24. The van der Waals surface area contributed by atoms with Crippen molar-refractivity contribution in [3.63, 3.8) is 0 Å². The van der Waals surface area contributed by atoms with Gasteiger partial charge in [0.25, 0.3) is 6.43 Å². The monoisotopic (exact) mass is 272 g/mol. The Bertz CT molecular complexity index is 390. The van der Waals surface area contributed by atoms with E-state index in [1.165, 1.54) is 24.3 Å². The van der Waals surface area contributed by atoms with Gasteiger partial charge in [-0.15, -0.1) is 0 Å². The predicted octanol–water partition coefficient (Wildman–Crippen LogP) is 3.39. The Kier molecular flexibility index (Phi) is 6.42. The summed E-state index contributed by atoms with van der Waals surface area (Å²) >= 11 is 0. The maximum Gasteiger partial charge on any atom is 0.305 e. The Balaban J connectivity index is 2.44. The van der Waals surface area contributed by atoms with Gasteiger partial charge in [0.15, 0.2) is 0 Å². The van der Waals surface area contributed by atoms with E-state index in [1.54, 1.807) is 0 Å². The lowest BCUT2D eigenvalue weighted by molar-refractivity contribution is -0.144. The van der Waals surface area contributed by atoms with E-state index in [2.05, 4.69) is 0 Å². The summed E-state index contributed by atoms with van der Waals surface area (Å²) in [6.45, 7) is 2.27. The van der Waals surface area contributed by atoms with Crippen LogP contribution < -0.4 is 0 Å². The fourth-order valence-electron chi connectivity index (χ4n) is 1.57. The number of aliphatic hydroxyl groups is 1. The highest BCUT2D eigenvalue weighted by Gasteiger charge is 2.12. The Labute approximate surface area is 111 Å². The standard InChI is InChI=1S/C14H18F2O3/c1-2-9-19-13(18)8-7-12(17)10-3-5-11(6-4-10)14(15)16/h3-6,12,14,17H,2,7-9H2,1H3. The van der Waals surface area contributed by atoms with Gasteiger partial charge in [-0.2, -0.15) is 0 Å². The lowest BCUT2D eigenvalue weighted by Gasteiger charge is -2.11. The quantitative estimate of drug-likeness (QED) is 0.774. The molecule has 0 fully saturated rings. The smallest absolute Gasteiger partial charge is 0.305 e. The van der Waals surface area contributed by atoms with E-state index < -0.39 is 12.5 Å². The van der Waals surface area contributed by atoms with Crippen molar-refractivity contribution in [1.82, 2.24) is 0 Å². The van der Waals surface area contributed by atoms with Crippen molar-refractivity contribution in [1.29, 1.82) is 0 Å². The molecule has 1 aromatic carbocycles. The molecule has 3 nitrogen and oxygen atoms in total. The molecule has 1 rings (SSSR count). The lowest BCUT2D eigenvalue weighted by atomic mass is 10.0. The van der Waals surface area contributed by atoms with Gasteiger partial charge in [0.1, 0.15) is 0 Å². The summed E-state index contributed by atoms with van der Waals surface area (Å²) < 4.78 is 29.6. The highest BCUT2D eigenvalue weighted by molar-refractivity contribution is 5.69. The summed E-state index contributed by atoms with van der Waals surface area (Å²) in [5.74, 6) is -0.356. The summed E-state index contributed by atoms with van der Waals surface area (Å²) in [5, 5.41) is 9.83. The minimum Gasteiger partial charge on any atom is -0.466 e. The maximum absolute atomic E-state index is 12.3. The van der Waals surface area contributed by atoms with Gasteiger partial charge < -0.3 is 9.84 Å². The zero-order valence-corrected chi connectivity index (χ0v) is 10.8. The van der Waals surface area contributed by atoms with E-state index >= 15 is 0 Å². The van der Waals surface area contributed by atoms with Crippen molar-refractivity contribution >= 4 is 5.97 Å². The van der Waals surface area contributed by atoms with Crippen molar-refractivity contribution in [2.45, 2.75) is 38.7 Å². The fourth-order valence-corrected chi connectivity index (χ4v) is 1.57. The van der Waals surface area contributed by atoms with Crippen LogP contribution in [0.1, 0.15) is 49.8 Å². The summed E-state index contributed by atoms with van der Waals surface area (Å²) in [7, 11) is 0. The van der Waals surface area contributed by atoms with Gasteiger partial charge in [0.2, 0.25) is 0 Å². The van der Waals surface area contributed by atoms with Crippen molar-refractivity contribution < 1.29 is 23.4 Å². The van der Waals surface area contributed by atoms with E-state index in [9.17, 15) is 18.7 Å². The van der Waals surface area contributed by atoms with Gasteiger partial charge in [0.05, 0.1) is 12.7 Å². The molecule has 0 saturated carbocycles. The van der Waals surface area contributed by atoms with Gasteiger partial charge in [-0.25, -0.2) is 8.78 Å². The molecule has 0 aliphatic rings. The maximum atomic E-state index is 12.3. The van der Waals surface area contributed by atoms with Crippen LogP contribution in [0.5, 0.6) is 0 Å². The van der Waals surface area contributed by atoms with E-state index in [1.807, 2.05) is 6.92 Å². The second-order valence-electron chi connectivity index (χ2n) is 4.24. The second kappa shape index (κ2) is 7.84. The Hall–Kier alpha value is -1.49. The normalized spacial score (nSPS) is 12.5. The molecule has 5 heteroatoms. The molecule has 0 heterocycles. The third-order valence-electron chi connectivity index (χ3n) is 2.66. The average molecular weight is 272 g/mol. The molecule has 0 saturated heterocycles. The van der Waals surface area contributed by atoms with Crippen molar-refractivity contribution in [2.24, 2.45) is 0 Å². The SMILES string of the molecule is CCCOC(=O)CCC(O)c1ccc(C(F)F)cc1. The number of carbonyl (C=O) groups is 1. The number of alkyl halides is 2. The number of esters is 1. The predicted molar refractivity (Wildman–Crippen MR) is 66.8 cm³/mol. The first-order valence-electron chi connectivity index (χ1n) is 6.26. The van der Waals surface area contributed by atoms with Gasteiger partial charge in [-0.1, -0.05) is 31.2 Å². The zero-order chi connectivity index (χ0) is 14.3. The molecule has 1 unspecified atom stereocenters. The third-order valence-corrected chi connectivity index (χ3v) is 2.66. The van der Waals surface area contributed by atoms with Gasteiger partial charge in [-0.3, -0.25) is 4.79 Å². The Morgan fingerprint density at radius 1 is 1.26 bits per heavy atom. The molecule has 0 aromatic heterocycles. The van der Waals surface area contributed by atoms with E-state index in [0.29, 0.717) is 12.2 Å². The van der Waals surface area contributed by atoms with Gasteiger partial charge >= 0.3 is 5.97 Å². The van der Waals surface area contributed by atoms with Crippen LogP contribution in [-0.2, 0) is 9.53 Å². The highest BCUT2D eigenvalue weighted by atomic mass is 19.3. The first-order chi connectivity index (χ1) is 9.04. The van der Waals surface area contributed by atoms with Crippen LogP contribution in [0.25, 0.3) is 0 Å². The molecule has 19 heavy (non-hydrogen) atoms. The summed E-state index contributed by atoms with van der Waals surface area (Å²) in [4.78, 5) is 11.2. The Morgan fingerprint density at radius 2 is 1.84 bits per heavy atom. The number of halogens is 2. The minimum atomic E-state index is -2.52. The van der Waals surface area contributed by atoms with Gasteiger partial charge in [-0.05, 0) is 18.4 Å². The Morgan fingerprint density at radius 3 is 2.37 bits per heavy atom. The number of aliphatic hydroxyl groups excluding tert-OH is 1. The molecule has 0 radical (unpaired) electrons. The molecule has 1 atom stereocenters. The van der Waals surface area contributed by atoms with Crippen LogP contribution in [0.15, 0.2) is 24.3 Å². The molecular weight excluding hydrogens is 254 g/mol. The molecule has 0 bridgehead atoms. The molecule has 0 aliphatic carbocycles. The highest BCUT2D eigenvalue weighted by Crippen LogP contribution is 2.23. The average Bonchev–Trinajstić information content (AvgIpc) is 2.42. The van der Waals surface area contributed by atoms with Crippen LogP contribution in [0.2, 0.25) is 0 Å². The zero-order valence-electron chi connectivity index (χ0n) is 10.8. The fraction of sp³-hybridized carbons (Fsp3) is 0.500. The molecule has 1 N–H and O–H groups in total.